The third-order valence-electron chi connectivity index (χ3n) is 3.44. The molecule has 0 spiro atoms. The molecule has 2 unspecified atom stereocenters. The van der Waals surface area contributed by atoms with E-state index in [4.69, 9.17) is 9.84 Å². The van der Waals surface area contributed by atoms with Crippen molar-refractivity contribution >= 4 is 12.0 Å². The number of hydrogen-bond acceptors (Lipinski definition) is 4. The lowest BCUT2D eigenvalue weighted by molar-refractivity contribution is -0.140. The molecule has 19 heavy (non-hydrogen) atoms. The molecule has 1 rings (SSSR count). The Morgan fingerprint density at radius 3 is 2.42 bits per heavy atom. The van der Waals surface area contributed by atoms with Crippen molar-refractivity contribution in [3.8, 4) is 0 Å². The van der Waals surface area contributed by atoms with Gasteiger partial charge in [0.05, 0.1) is 12.7 Å². The van der Waals surface area contributed by atoms with Gasteiger partial charge in [0.25, 0.3) is 0 Å². The summed E-state index contributed by atoms with van der Waals surface area (Å²) < 4.78 is 4.75. The van der Waals surface area contributed by atoms with Gasteiger partial charge in [-0.3, -0.25) is 0 Å². The van der Waals surface area contributed by atoms with Crippen LogP contribution in [0.5, 0.6) is 0 Å². The Balaban J connectivity index is 2.44. The summed E-state index contributed by atoms with van der Waals surface area (Å²) in [6.07, 6.45) is 1.09. The molecule has 110 valence electrons. The van der Waals surface area contributed by atoms with Crippen molar-refractivity contribution in [2.24, 2.45) is 5.92 Å². The molecule has 0 saturated carbocycles. The second-order valence-electron chi connectivity index (χ2n) is 4.86. The number of piperidine rings is 1. The summed E-state index contributed by atoms with van der Waals surface area (Å²) in [6.45, 7) is 2.74. The zero-order chi connectivity index (χ0) is 14.4. The molecule has 0 radical (unpaired) electrons. The minimum absolute atomic E-state index is 0.0643. The van der Waals surface area contributed by atoms with Crippen molar-refractivity contribution in [3.05, 3.63) is 0 Å². The third-order valence-corrected chi connectivity index (χ3v) is 3.44. The Morgan fingerprint density at radius 2 is 2.00 bits per heavy atom. The average molecular weight is 274 g/mol. The molecular weight excluding hydrogens is 252 g/mol. The summed E-state index contributed by atoms with van der Waals surface area (Å²) in [6, 6.07) is -1.43. The maximum Gasteiger partial charge on any atom is 0.328 e. The van der Waals surface area contributed by atoms with Gasteiger partial charge < -0.3 is 25.2 Å². The fraction of sp³-hybridized carbons (Fsp3) is 0.833. The normalized spacial score (nSPS) is 19.8. The number of aliphatic hydroxyl groups is 1. The number of carboxylic acid groups (broad SMARTS) is 1. The van der Waals surface area contributed by atoms with Crippen LogP contribution in [0.2, 0.25) is 0 Å². The van der Waals surface area contributed by atoms with Crippen molar-refractivity contribution in [1.82, 2.24) is 10.2 Å². The van der Waals surface area contributed by atoms with Crippen LogP contribution in [0.3, 0.4) is 0 Å². The zero-order valence-corrected chi connectivity index (χ0v) is 11.3. The van der Waals surface area contributed by atoms with Crippen LogP contribution in [0.4, 0.5) is 4.79 Å². The van der Waals surface area contributed by atoms with E-state index in [1.807, 2.05) is 0 Å². The number of nitrogens with zero attached hydrogens (tertiary/aromatic N) is 1. The van der Waals surface area contributed by atoms with Crippen molar-refractivity contribution in [2.75, 3.05) is 26.8 Å². The highest BCUT2D eigenvalue weighted by atomic mass is 16.5. The fourth-order valence-corrected chi connectivity index (χ4v) is 2.17. The number of amides is 2. The molecule has 2 atom stereocenters. The zero-order valence-electron chi connectivity index (χ0n) is 11.3. The van der Waals surface area contributed by atoms with Gasteiger partial charge in [-0.15, -0.1) is 0 Å². The Hall–Kier alpha value is -1.34. The number of nitrogens with one attached hydrogen (secondary N) is 1. The summed E-state index contributed by atoms with van der Waals surface area (Å²) >= 11 is 0. The van der Waals surface area contributed by atoms with Crippen LogP contribution in [0.1, 0.15) is 19.8 Å². The minimum atomic E-state index is -1.12. The van der Waals surface area contributed by atoms with E-state index in [0.29, 0.717) is 13.1 Å². The molecule has 7 nitrogen and oxygen atoms in total. The van der Waals surface area contributed by atoms with Gasteiger partial charge in [0, 0.05) is 20.2 Å². The quantitative estimate of drug-likeness (QED) is 0.649. The predicted octanol–water partition coefficient (Wildman–Crippen LogP) is -0.112. The second kappa shape index (κ2) is 7.30. The lowest BCUT2D eigenvalue weighted by atomic mass is 9.92. The first-order valence-electron chi connectivity index (χ1n) is 6.41. The molecular formula is C12H22N2O5. The van der Waals surface area contributed by atoms with E-state index in [1.165, 1.54) is 7.11 Å². The van der Waals surface area contributed by atoms with Crippen molar-refractivity contribution in [1.29, 1.82) is 0 Å². The standard InChI is InChI=1S/C12H22N2O5/c1-8(15)9-3-5-14(6-4-9)12(18)13-10(7-19-2)11(16)17/h8-10,15H,3-7H2,1-2H3,(H,13,18)(H,16,17). The smallest absolute Gasteiger partial charge is 0.328 e. The summed E-state index contributed by atoms with van der Waals surface area (Å²) in [7, 11) is 1.39. The number of methoxy groups -OCH3 is 1. The Bertz CT molecular complexity index is 313. The summed E-state index contributed by atoms with van der Waals surface area (Å²) in [5.74, 6) is -0.910. The molecule has 1 heterocycles. The van der Waals surface area contributed by atoms with Crippen LogP contribution < -0.4 is 5.32 Å². The van der Waals surface area contributed by atoms with Crippen LogP contribution in [0.25, 0.3) is 0 Å². The Labute approximate surface area is 112 Å². The topological polar surface area (TPSA) is 99.1 Å². The predicted molar refractivity (Wildman–Crippen MR) is 67.8 cm³/mol. The SMILES string of the molecule is COCC(NC(=O)N1CCC(C(C)O)CC1)C(=O)O. The second-order valence-corrected chi connectivity index (χ2v) is 4.86. The molecule has 3 N–H and O–H groups in total. The molecule has 7 heteroatoms. The highest BCUT2D eigenvalue weighted by Crippen LogP contribution is 2.20. The van der Waals surface area contributed by atoms with Gasteiger partial charge in [0.2, 0.25) is 0 Å². The van der Waals surface area contributed by atoms with Gasteiger partial charge in [0.15, 0.2) is 6.04 Å². The largest absolute Gasteiger partial charge is 0.480 e. The van der Waals surface area contributed by atoms with Gasteiger partial charge in [0.1, 0.15) is 0 Å². The Morgan fingerprint density at radius 1 is 1.42 bits per heavy atom. The number of urea groups is 1. The van der Waals surface area contributed by atoms with Gasteiger partial charge in [-0.05, 0) is 25.7 Å². The third kappa shape index (κ3) is 4.68. The Kier molecular flexibility index (Phi) is 6.04. The molecule has 1 saturated heterocycles. The summed E-state index contributed by atoms with van der Waals surface area (Å²) in [5, 5.41) is 20.8. The molecule has 0 bridgehead atoms. The van der Waals surface area contributed by atoms with Crippen molar-refractivity contribution < 1.29 is 24.5 Å². The van der Waals surface area contributed by atoms with Gasteiger partial charge >= 0.3 is 12.0 Å². The number of likely N-dealkylation sites (tertiary alicyclic amines) is 1. The first-order chi connectivity index (χ1) is 8.95. The monoisotopic (exact) mass is 274 g/mol. The molecule has 0 aromatic carbocycles. The number of aliphatic hydroxyl groups excluding tert-OH is 1. The number of carbonyl (C=O) groups excluding carboxylic acids is 1. The van der Waals surface area contributed by atoms with E-state index < -0.39 is 18.0 Å². The highest BCUT2D eigenvalue weighted by molar-refractivity contribution is 5.82. The molecule has 0 aliphatic carbocycles. The van der Waals surface area contributed by atoms with Crippen LogP contribution >= 0.6 is 0 Å². The maximum absolute atomic E-state index is 11.9. The highest BCUT2D eigenvalue weighted by Gasteiger charge is 2.28. The molecule has 1 aliphatic heterocycles. The minimum Gasteiger partial charge on any atom is -0.480 e. The van der Waals surface area contributed by atoms with Gasteiger partial charge in [-0.2, -0.15) is 0 Å². The number of rotatable bonds is 5. The number of carbonyl (C=O) groups is 2. The lowest BCUT2D eigenvalue weighted by Crippen LogP contribution is -2.52. The van der Waals surface area contributed by atoms with Crippen molar-refractivity contribution in [3.63, 3.8) is 0 Å². The van der Waals surface area contributed by atoms with Crippen LogP contribution in [-0.4, -0.2) is 66.1 Å². The maximum atomic E-state index is 11.9. The van der Waals surface area contributed by atoms with E-state index in [-0.39, 0.29) is 18.6 Å². The first kappa shape index (κ1) is 15.7. The van der Waals surface area contributed by atoms with Crippen LogP contribution in [0.15, 0.2) is 0 Å². The number of ether oxygens (including phenoxy) is 1. The van der Waals surface area contributed by atoms with Gasteiger partial charge in [-0.25, -0.2) is 9.59 Å². The lowest BCUT2D eigenvalue weighted by Gasteiger charge is -2.33. The number of aliphatic carboxylic acids is 1. The average Bonchev–Trinajstić information content (AvgIpc) is 2.38. The summed E-state index contributed by atoms with van der Waals surface area (Å²) in [4.78, 5) is 24.4. The van der Waals surface area contributed by atoms with Crippen molar-refractivity contribution in [2.45, 2.75) is 31.9 Å². The molecule has 2 amide bonds. The first-order valence-corrected chi connectivity index (χ1v) is 6.41. The number of hydrogen-bond donors (Lipinski definition) is 3. The van der Waals surface area contributed by atoms with E-state index in [9.17, 15) is 14.7 Å². The van der Waals surface area contributed by atoms with E-state index in [0.717, 1.165) is 12.8 Å². The fourth-order valence-electron chi connectivity index (χ4n) is 2.17. The van der Waals surface area contributed by atoms with Crippen LogP contribution in [0, 0.1) is 5.92 Å². The van der Waals surface area contributed by atoms with E-state index in [2.05, 4.69) is 5.32 Å². The molecule has 1 fully saturated rings. The van der Waals surface area contributed by atoms with Crippen LogP contribution in [-0.2, 0) is 9.53 Å². The van der Waals surface area contributed by atoms with E-state index >= 15 is 0 Å². The van der Waals surface area contributed by atoms with E-state index in [1.54, 1.807) is 11.8 Å². The molecule has 0 aromatic heterocycles. The molecule has 1 aliphatic rings. The van der Waals surface area contributed by atoms with Gasteiger partial charge in [-0.1, -0.05) is 0 Å². The summed E-state index contributed by atoms with van der Waals surface area (Å²) in [5.41, 5.74) is 0. The number of carboxylic acids is 1. The molecule has 0 aromatic rings.